The van der Waals surface area contributed by atoms with Gasteiger partial charge in [0.1, 0.15) is 24.2 Å². The topological polar surface area (TPSA) is 66.8 Å². The summed E-state index contributed by atoms with van der Waals surface area (Å²) in [4.78, 5) is 12.5. The third-order valence-electron chi connectivity index (χ3n) is 5.74. The summed E-state index contributed by atoms with van der Waals surface area (Å²) in [7, 11) is 4.29. The van der Waals surface area contributed by atoms with Crippen molar-refractivity contribution in [2.45, 2.75) is 49.5 Å². The van der Waals surface area contributed by atoms with Crippen molar-refractivity contribution in [1.82, 2.24) is 0 Å². The SMILES string of the molecule is C[N+]1(C)[C@H]2C[C@H](OC(=O)[C@@H](CO)c3ccccc3)C[C@@H]1[C@H](O)C2. The Kier molecular flexibility index (Phi) is 4.45. The number of ether oxygens (including phenoxy) is 1. The van der Waals surface area contributed by atoms with Gasteiger partial charge in [0.05, 0.1) is 26.7 Å². The van der Waals surface area contributed by atoms with Gasteiger partial charge in [0, 0.05) is 19.3 Å². The van der Waals surface area contributed by atoms with Crippen LogP contribution in [0.1, 0.15) is 30.7 Å². The average molecular weight is 320 g/mol. The van der Waals surface area contributed by atoms with E-state index in [1.165, 1.54) is 0 Å². The highest BCUT2D eigenvalue weighted by Crippen LogP contribution is 2.41. The molecule has 1 aromatic rings. The van der Waals surface area contributed by atoms with Gasteiger partial charge in [-0.3, -0.25) is 4.79 Å². The lowest BCUT2D eigenvalue weighted by molar-refractivity contribution is -0.932. The first kappa shape index (κ1) is 16.4. The molecule has 1 aromatic carbocycles. The Balaban J connectivity index is 1.67. The minimum atomic E-state index is -0.636. The number of carbonyl (C=O) groups excluding carboxylic acids is 1. The molecule has 0 saturated carbocycles. The van der Waals surface area contributed by atoms with Crippen LogP contribution in [0.25, 0.3) is 0 Å². The van der Waals surface area contributed by atoms with E-state index in [-0.39, 0.29) is 30.8 Å². The molecule has 5 heteroatoms. The number of carbonyl (C=O) groups is 1. The molecule has 0 aliphatic carbocycles. The molecule has 5 nitrogen and oxygen atoms in total. The number of likely N-dealkylation sites (N-methyl/N-ethyl adjacent to an activating group) is 1. The highest BCUT2D eigenvalue weighted by Gasteiger charge is 2.55. The maximum atomic E-state index is 12.5. The maximum absolute atomic E-state index is 12.5. The first-order chi connectivity index (χ1) is 10.9. The summed E-state index contributed by atoms with van der Waals surface area (Å²) in [6.07, 6.45) is 1.75. The van der Waals surface area contributed by atoms with E-state index >= 15 is 0 Å². The Hall–Kier alpha value is -1.43. The van der Waals surface area contributed by atoms with Crippen molar-refractivity contribution in [2.24, 2.45) is 0 Å². The molecule has 2 aliphatic heterocycles. The predicted octanol–water partition coefficient (Wildman–Crippen LogP) is 1.05. The van der Waals surface area contributed by atoms with Gasteiger partial charge in [-0.05, 0) is 5.56 Å². The van der Waals surface area contributed by atoms with E-state index in [9.17, 15) is 15.0 Å². The zero-order chi connectivity index (χ0) is 16.6. The average Bonchev–Trinajstić information content (AvgIpc) is 2.65. The Labute approximate surface area is 137 Å². The van der Waals surface area contributed by atoms with Crippen LogP contribution in [-0.4, -0.2) is 65.7 Å². The third kappa shape index (κ3) is 3.01. The van der Waals surface area contributed by atoms with Crippen molar-refractivity contribution in [2.75, 3.05) is 20.7 Å². The van der Waals surface area contributed by atoms with E-state index in [1.54, 1.807) is 0 Å². The molecular weight excluding hydrogens is 294 g/mol. The lowest BCUT2D eigenvalue weighted by Crippen LogP contribution is -2.57. The number of fused-ring (bicyclic) bond motifs is 2. The molecule has 0 aromatic heterocycles. The van der Waals surface area contributed by atoms with Gasteiger partial charge in [-0.25, -0.2) is 0 Å². The lowest BCUT2D eigenvalue weighted by atomic mass is 9.96. The van der Waals surface area contributed by atoms with Crippen LogP contribution in [0.15, 0.2) is 30.3 Å². The van der Waals surface area contributed by atoms with Gasteiger partial charge in [0.15, 0.2) is 0 Å². The smallest absolute Gasteiger partial charge is 0.316 e. The number of esters is 1. The van der Waals surface area contributed by atoms with Crippen molar-refractivity contribution in [1.29, 1.82) is 0 Å². The first-order valence-corrected chi connectivity index (χ1v) is 8.31. The molecule has 23 heavy (non-hydrogen) atoms. The normalized spacial score (nSPS) is 33.2. The van der Waals surface area contributed by atoms with Gasteiger partial charge in [-0.1, -0.05) is 30.3 Å². The number of aliphatic hydroxyl groups excluding tert-OH is 2. The first-order valence-electron chi connectivity index (χ1n) is 8.31. The molecule has 0 amide bonds. The standard InChI is InChI=1S/C18H26NO4/c1-19(2)13-8-14(10-16(19)17(21)9-13)23-18(22)15(11-20)12-6-4-3-5-7-12/h3-7,13-17,20-21H,8-11H2,1-2H3/q+1/t13-,14-,15-,16+,17+/m0/s1. The third-order valence-corrected chi connectivity index (χ3v) is 5.74. The Morgan fingerprint density at radius 2 is 1.96 bits per heavy atom. The van der Waals surface area contributed by atoms with Gasteiger partial charge >= 0.3 is 5.97 Å². The second-order valence-corrected chi connectivity index (χ2v) is 7.33. The van der Waals surface area contributed by atoms with Gasteiger partial charge in [0.25, 0.3) is 0 Å². The van der Waals surface area contributed by atoms with Crippen molar-refractivity contribution in [3.63, 3.8) is 0 Å². The molecule has 2 bridgehead atoms. The van der Waals surface area contributed by atoms with Crippen LogP contribution >= 0.6 is 0 Å². The molecule has 2 heterocycles. The molecule has 2 N–H and O–H groups in total. The van der Waals surface area contributed by atoms with E-state index in [4.69, 9.17) is 4.74 Å². The summed E-state index contributed by atoms with van der Waals surface area (Å²) in [6, 6.07) is 9.68. The van der Waals surface area contributed by atoms with Crippen LogP contribution in [0.2, 0.25) is 0 Å². The van der Waals surface area contributed by atoms with Crippen molar-refractivity contribution < 1.29 is 24.2 Å². The van der Waals surface area contributed by atoms with E-state index in [0.29, 0.717) is 12.5 Å². The van der Waals surface area contributed by atoms with Crippen LogP contribution in [-0.2, 0) is 9.53 Å². The number of hydrogen-bond donors (Lipinski definition) is 2. The lowest BCUT2D eigenvalue weighted by Gasteiger charge is -2.44. The summed E-state index contributed by atoms with van der Waals surface area (Å²) in [6.45, 7) is -0.257. The Morgan fingerprint density at radius 1 is 1.26 bits per heavy atom. The van der Waals surface area contributed by atoms with Crippen molar-refractivity contribution >= 4 is 5.97 Å². The summed E-state index contributed by atoms with van der Waals surface area (Å²) in [5, 5.41) is 19.8. The molecule has 0 radical (unpaired) electrons. The van der Waals surface area contributed by atoms with E-state index in [0.717, 1.165) is 22.9 Å². The Morgan fingerprint density at radius 3 is 2.57 bits per heavy atom. The highest BCUT2D eigenvalue weighted by molar-refractivity contribution is 5.78. The highest BCUT2D eigenvalue weighted by atomic mass is 16.5. The van der Waals surface area contributed by atoms with Gasteiger partial charge < -0.3 is 19.4 Å². The van der Waals surface area contributed by atoms with Crippen molar-refractivity contribution in [3.05, 3.63) is 35.9 Å². The zero-order valence-corrected chi connectivity index (χ0v) is 13.8. The van der Waals surface area contributed by atoms with E-state index in [1.807, 2.05) is 30.3 Å². The number of quaternary nitrogens is 1. The monoisotopic (exact) mass is 320 g/mol. The number of benzene rings is 1. The van der Waals surface area contributed by atoms with Crippen LogP contribution in [0, 0.1) is 0 Å². The summed E-state index contributed by atoms with van der Waals surface area (Å²) in [5.74, 6) is -1.01. The second-order valence-electron chi connectivity index (χ2n) is 7.33. The predicted molar refractivity (Wildman–Crippen MR) is 85.7 cm³/mol. The quantitative estimate of drug-likeness (QED) is 0.643. The molecule has 3 rings (SSSR count). The molecule has 126 valence electrons. The molecule has 2 saturated heterocycles. The number of nitrogens with zero attached hydrogens (tertiary/aromatic N) is 1. The largest absolute Gasteiger partial charge is 0.461 e. The van der Waals surface area contributed by atoms with Crippen LogP contribution < -0.4 is 0 Å². The summed E-state index contributed by atoms with van der Waals surface area (Å²) >= 11 is 0. The Bertz CT molecular complexity index is 559. The summed E-state index contributed by atoms with van der Waals surface area (Å²) in [5.41, 5.74) is 0.773. The fraction of sp³-hybridized carbons (Fsp3) is 0.611. The van der Waals surface area contributed by atoms with Crippen LogP contribution in [0.5, 0.6) is 0 Å². The van der Waals surface area contributed by atoms with Crippen LogP contribution in [0.4, 0.5) is 0 Å². The number of rotatable bonds is 4. The second kappa shape index (κ2) is 6.23. The maximum Gasteiger partial charge on any atom is 0.316 e. The zero-order valence-electron chi connectivity index (χ0n) is 13.8. The van der Waals surface area contributed by atoms with Gasteiger partial charge in [-0.2, -0.15) is 0 Å². The van der Waals surface area contributed by atoms with Crippen molar-refractivity contribution in [3.8, 4) is 0 Å². The molecular formula is C18H26NO4+. The molecule has 2 fully saturated rings. The fourth-order valence-corrected chi connectivity index (χ4v) is 4.23. The van der Waals surface area contributed by atoms with Gasteiger partial charge in [-0.15, -0.1) is 0 Å². The minimum Gasteiger partial charge on any atom is -0.461 e. The van der Waals surface area contributed by atoms with Gasteiger partial charge in [0.2, 0.25) is 0 Å². The number of piperidine rings is 1. The van der Waals surface area contributed by atoms with E-state index < -0.39 is 5.92 Å². The molecule has 0 spiro atoms. The van der Waals surface area contributed by atoms with E-state index in [2.05, 4.69) is 14.1 Å². The number of aliphatic hydroxyl groups is 2. The fourth-order valence-electron chi connectivity index (χ4n) is 4.23. The molecule has 2 aliphatic rings. The minimum absolute atomic E-state index is 0.121. The summed E-state index contributed by atoms with van der Waals surface area (Å²) < 4.78 is 6.50. The molecule has 0 unspecified atom stereocenters. The van der Waals surface area contributed by atoms with Crippen LogP contribution in [0.3, 0.4) is 0 Å². The number of hydrogen-bond acceptors (Lipinski definition) is 4. The molecule has 5 atom stereocenters.